The van der Waals surface area contributed by atoms with Crippen LogP contribution in [0.5, 0.6) is 17.2 Å². The molecule has 0 saturated carbocycles. The molecule has 2 aromatic carbocycles. The standard InChI is InChI=1S/C21H21N3O5S/c1-13-4-3-5-16(8-13)26-11-19-23-24-21(29-19)30-14(2)20(25)22-10-15-6-7-17-18(9-15)28-12-27-17/h3-9,14H,10-12H2,1-2H3,(H,22,25)/t14-/m1/s1. The molecule has 0 spiro atoms. The first-order valence-electron chi connectivity index (χ1n) is 9.41. The normalized spacial score (nSPS) is 13.1. The van der Waals surface area contributed by atoms with Crippen molar-refractivity contribution in [2.24, 2.45) is 0 Å². The molecule has 0 saturated heterocycles. The van der Waals surface area contributed by atoms with E-state index in [4.69, 9.17) is 18.6 Å². The van der Waals surface area contributed by atoms with Gasteiger partial charge in [-0.1, -0.05) is 30.0 Å². The molecule has 8 nitrogen and oxygen atoms in total. The Kier molecular flexibility index (Phi) is 6.08. The van der Waals surface area contributed by atoms with Crippen LogP contribution in [0.25, 0.3) is 0 Å². The third kappa shape index (κ3) is 5.04. The summed E-state index contributed by atoms with van der Waals surface area (Å²) in [5.74, 6) is 2.36. The molecule has 1 aromatic heterocycles. The Morgan fingerprint density at radius 2 is 2.07 bits per heavy atom. The van der Waals surface area contributed by atoms with Crippen LogP contribution < -0.4 is 19.5 Å². The average molecular weight is 427 g/mol. The molecule has 4 rings (SSSR count). The molecule has 0 radical (unpaired) electrons. The maximum atomic E-state index is 12.4. The lowest BCUT2D eigenvalue weighted by Gasteiger charge is -2.10. The summed E-state index contributed by atoms with van der Waals surface area (Å²) < 4.78 is 21.9. The molecule has 1 aliphatic rings. The SMILES string of the molecule is Cc1cccc(OCc2nnc(S[C@H](C)C(=O)NCc3ccc4c(c3)OCO4)o2)c1. The third-order valence-electron chi connectivity index (χ3n) is 4.35. The number of ether oxygens (including phenoxy) is 3. The molecule has 0 aliphatic carbocycles. The van der Waals surface area contributed by atoms with Crippen LogP contribution in [0.15, 0.2) is 52.1 Å². The summed E-state index contributed by atoms with van der Waals surface area (Å²) in [5.41, 5.74) is 2.04. The summed E-state index contributed by atoms with van der Waals surface area (Å²) in [6, 6.07) is 13.3. The van der Waals surface area contributed by atoms with Crippen LogP contribution in [0, 0.1) is 6.92 Å². The van der Waals surface area contributed by atoms with Crippen LogP contribution in [0.4, 0.5) is 0 Å². The number of amides is 1. The van der Waals surface area contributed by atoms with Crippen molar-refractivity contribution in [2.45, 2.75) is 37.5 Å². The minimum absolute atomic E-state index is 0.131. The number of carbonyl (C=O) groups is 1. The molecule has 3 aromatic rings. The van der Waals surface area contributed by atoms with Crippen LogP contribution in [-0.4, -0.2) is 28.1 Å². The minimum atomic E-state index is -0.398. The molecule has 2 heterocycles. The predicted octanol–water partition coefficient (Wildman–Crippen LogP) is 3.48. The average Bonchev–Trinajstić information content (AvgIpc) is 3.39. The number of aryl methyl sites for hydroxylation is 1. The van der Waals surface area contributed by atoms with Crippen molar-refractivity contribution >= 4 is 17.7 Å². The summed E-state index contributed by atoms with van der Waals surface area (Å²) in [5, 5.41) is 10.8. The van der Waals surface area contributed by atoms with Crippen molar-refractivity contribution in [3.8, 4) is 17.2 Å². The second-order valence-corrected chi connectivity index (χ2v) is 8.02. The van der Waals surface area contributed by atoms with E-state index in [0.29, 0.717) is 29.2 Å². The molecule has 1 amide bonds. The van der Waals surface area contributed by atoms with Crippen LogP contribution >= 0.6 is 11.8 Å². The summed E-state index contributed by atoms with van der Waals surface area (Å²) >= 11 is 1.20. The van der Waals surface area contributed by atoms with E-state index >= 15 is 0 Å². The topological polar surface area (TPSA) is 95.7 Å². The van der Waals surface area contributed by atoms with Crippen LogP contribution in [0.1, 0.15) is 23.9 Å². The first-order chi connectivity index (χ1) is 14.6. The number of hydrogen-bond donors (Lipinski definition) is 1. The lowest BCUT2D eigenvalue weighted by atomic mass is 10.2. The molecule has 0 bridgehead atoms. The maximum Gasteiger partial charge on any atom is 0.277 e. The molecular formula is C21H21N3O5S. The van der Waals surface area contributed by atoms with Crippen molar-refractivity contribution < 1.29 is 23.4 Å². The predicted molar refractivity (Wildman–Crippen MR) is 110 cm³/mol. The Bertz CT molecular complexity index is 1040. The van der Waals surface area contributed by atoms with Gasteiger partial charge in [0.15, 0.2) is 18.1 Å². The van der Waals surface area contributed by atoms with Crippen molar-refractivity contribution in [2.75, 3.05) is 6.79 Å². The van der Waals surface area contributed by atoms with Crippen LogP contribution in [-0.2, 0) is 17.9 Å². The van der Waals surface area contributed by atoms with Gasteiger partial charge in [-0.05, 0) is 49.2 Å². The van der Waals surface area contributed by atoms with E-state index in [9.17, 15) is 4.79 Å². The van der Waals surface area contributed by atoms with Gasteiger partial charge in [-0.15, -0.1) is 10.2 Å². The van der Waals surface area contributed by atoms with Gasteiger partial charge in [-0.3, -0.25) is 4.79 Å². The number of thioether (sulfide) groups is 1. The smallest absolute Gasteiger partial charge is 0.277 e. The third-order valence-corrected chi connectivity index (χ3v) is 5.28. The molecule has 30 heavy (non-hydrogen) atoms. The van der Waals surface area contributed by atoms with Gasteiger partial charge in [-0.25, -0.2) is 0 Å². The Labute approximate surface area is 177 Å². The van der Waals surface area contributed by atoms with E-state index in [2.05, 4.69) is 15.5 Å². The zero-order chi connectivity index (χ0) is 20.9. The van der Waals surface area contributed by atoms with Crippen LogP contribution in [0.3, 0.4) is 0 Å². The molecule has 1 aliphatic heterocycles. The number of nitrogens with zero attached hydrogens (tertiary/aromatic N) is 2. The van der Waals surface area contributed by atoms with Crippen molar-refractivity contribution in [3.63, 3.8) is 0 Å². The van der Waals surface area contributed by atoms with E-state index in [-0.39, 0.29) is 19.3 Å². The number of benzene rings is 2. The van der Waals surface area contributed by atoms with Gasteiger partial charge in [0, 0.05) is 6.54 Å². The lowest BCUT2D eigenvalue weighted by Crippen LogP contribution is -2.30. The largest absolute Gasteiger partial charge is 0.484 e. The highest BCUT2D eigenvalue weighted by Gasteiger charge is 2.19. The van der Waals surface area contributed by atoms with E-state index in [0.717, 1.165) is 16.9 Å². The highest BCUT2D eigenvalue weighted by atomic mass is 32.2. The molecule has 0 unspecified atom stereocenters. The Morgan fingerprint density at radius 1 is 1.20 bits per heavy atom. The fourth-order valence-corrected chi connectivity index (χ4v) is 3.51. The Morgan fingerprint density at radius 3 is 2.93 bits per heavy atom. The fourth-order valence-electron chi connectivity index (χ4n) is 2.78. The van der Waals surface area contributed by atoms with Crippen molar-refractivity contribution in [1.29, 1.82) is 0 Å². The fraction of sp³-hybridized carbons (Fsp3) is 0.286. The highest BCUT2D eigenvalue weighted by Crippen LogP contribution is 2.32. The van der Waals surface area contributed by atoms with Gasteiger partial charge in [0.25, 0.3) is 11.1 Å². The first kappa shape index (κ1) is 20.1. The molecule has 1 atom stereocenters. The summed E-state index contributed by atoms with van der Waals surface area (Å²) in [6.45, 7) is 4.56. The highest BCUT2D eigenvalue weighted by molar-refractivity contribution is 8.00. The second kappa shape index (κ2) is 9.08. The van der Waals surface area contributed by atoms with Gasteiger partial charge in [0.1, 0.15) is 5.75 Å². The molecule has 0 fully saturated rings. The van der Waals surface area contributed by atoms with Gasteiger partial charge >= 0.3 is 0 Å². The van der Waals surface area contributed by atoms with E-state index in [1.807, 2.05) is 49.4 Å². The molecule has 156 valence electrons. The number of rotatable bonds is 8. The summed E-state index contributed by atoms with van der Waals surface area (Å²) in [7, 11) is 0. The van der Waals surface area contributed by atoms with E-state index in [1.54, 1.807) is 6.92 Å². The quantitative estimate of drug-likeness (QED) is 0.546. The van der Waals surface area contributed by atoms with Crippen molar-refractivity contribution in [1.82, 2.24) is 15.5 Å². The zero-order valence-electron chi connectivity index (χ0n) is 16.6. The van der Waals surface area contributed by atoms with Gasteiger partial charge < -0.3 is 23.9 Å². The van der Waals surface area contributed by atoms with Gasteiger partial charge in [-0.2, -0.15) is 0 Å². The Hall–Kier alpha value is -3.20. The molecule has 9 heteroatoms. The molecule has 1 N–H and O–H groups in total. The van der Waals surface area contributed by atoms with E-state index < -0.39 is 5.25 Å². The Balaban J connectivity index is 1.25. The lowest BCUT2D eigenvalue weighted by molar-refractivity contribution is -0.120. The van der Waals surface area contributed by atoms with Crippen molar-refractivity contribution in [3.05, 3.63) is 59.5 Å². The maximum absolute atomic E-state index is 12.4. The number of carbonyl (C=O) groups excluding carboxylic acids is 1. The first-order valence-corrected chi connectivity index (χ1v) is 10.3. The molecular weight excluding hydrogens is 406 g/mol. The zero-order valence-corrected chi connectivity index (χ0v) is 17.4. The summed E-state index contributed by atoms with van der Waals surface area (Å²) in [4.78, 5) is 12.4. The monoisotopic (exact) mass is 427 g/mol. The number of hydrogen-bond acceptors (Lipinski definition) is 8. The van der Waals surface area contributed by atoms with Gasteiger partial charge in [0.05, 0.1) is 5.25 Å². The minimum Gasteiger partial charge on any atom is -0.484 e. The number of nitrogens with one attached hydrogen (secondary N) is 1. The second-order valence-electron chi connectivity index (χ2n) is 6.73. The number of fused-ring (bicyclic) bond motifs is 1. The van der Waals surface area contributed by atoms with Gasteiger partial charge in [0.2, 0.25) is 12.7 Å². The summed E-state index contributed by atoms with van der Waals surface area (Å²) in [6.07, 6.45) is 0. The van der Waals surface area contributed by atoms with Crippen LogP contribution in [0.2, 0.25) is 0 Å². The number of aromatic nitrogens is 2. The van der Waals surface area contributed by atoms with E-state index in [1.165, 1.54) is 11.8 Å².